The number of alkyl halides is 4. The smallest absolute Gasteiger partial charge is 0.426 e. The Morgan fingerprint density at radius 2 is 1.16 bits per heavy atom. The summed E-state index contributed by atoms with van der Waals surface area (Å²) in [5.74, 6) is 0.198. The van der Waals surface area contributed by atoms with Crippen molar-refractivity contribution in [2.45, 2.75) is 51.7 Å². The first-order chi connectivity index (χ1) is 15.4. The summed E-state index contributed by atoms with van der Waals surface area (Å²) in [7, 11) is 0. The molecule has 0 bridgehead atoms. The van der Waals surface area contributed by atoms with Gasteiger partial charge in [-0.15, -0.1) is 0 Å². The van der Waals surface area contributed by atoms with E-state index in [1.54, 1.807) is 36.4 Å². The molecule has 3 rings (SSSR count). The maximum atomic E-state index is 14.5. The van der Waals surface area contributed by atoms with Crippen molar-refractivity contribution in [2.24, 2.45) is 0 Å². The lowest BCUT2D eigenvalue weighted by molar-refractivity contribution is -0.185. The van der Waals surface area contributed by atoms with Gasteiger partial charge in [0.05, 0.1) is 5.56 Å². The lowest BCUT2D eigenvalue weighted by Crippen LogP contribution is -2.21. The fourth-order valence-electron chi connectivity index (χ4n) is 3.30. The second-order valence-corrected chi connectivity index (χ2v) is 7.59. The van der Waals surface area contributed by atoms with E-state index in [2.05, 4.69) is 11.7 Å². The van der Waals surface area contributed by atoms with Crippen molar-refractivity contribution in [1.29, 1.82) is 0 Å². The Labute approximate surface area is 185 Å². The molecule has 0 unspecified atom stereocenters. The SMILES string of the molecule is CCCCc1ccc(C(F)(F)Oc2ccc(CCc3ccc(OC(F)F)cc3)cc2)cc1. The van der Waals surface area contributed by atoms with Crippen LogP contribution >= 0.6 is 0 Å². The van der Waals surface area contributed by atoms with Crippen molar-refractivity contribution < 1.29 is 27.0 Å². The number of halogens is 4. The van der Waals surface area contributed by atoms with E-state index in [9.17, 15) is 17.6 Å². The number of ether oxygens (including phenoxy) is 2. The second kappa shape index (κ2) is 11.0. The molecule has 0 aliphatic rings. The molecule has 0 aliphatic heterocycles. The monoisotopic (exact) mass is 446 g/mol. The fraction of sp³-hybridized carbons (Fsp3) is 0.308. The molecule has 0 saturated heterocycles. The molecule has 2 nitrogen and oxygen atoms in total. The average molecular weight is 446 g/mol. The summed E-state index contributed by atoms with van der Waals surface area (Å²) in [5.41, 5.74) is 2.77. The maximum Gasteiger partial charge on any atom is 0.426 e. The van der Waals surface area contributed by atoms with Gasteiger partial charge in [0.25, 0.3) is 0 Å². The molecule has 0 heterocycles. The predicted octanol–water partition coefficient (Wildman–Crippen LogP) is 7.54. The van der Waals surface area contributed by atoms with E-state index in [1.807, 2.05) is 0 Å². The zero-order chi connectivity index (χ0) is 23.0. The topological polar surface area (TPSA) is 18.5 Å². The zero-order valence-corrected chi connectivity index (χ0v) is 17.9. The molecule has 0 amide bonds. The molecule has 0 saturated carbocycles. The average Bonchev–Trinajstić information content (AvgIpc) is 2.78. The van der Waals surface area contributed by atoms with E-state index in [0.29, 0.717) is 12.8 Å². The summed E-state index contributed by atoms with van der Waals surface area (Å²) in [6.07, 6.45) is 0.877. The van der Waals surface area contributed by atoms with Gasteiger partial charge < -0.3 is 9.47 Å². The summed E-state index contributed by atoms with van der Waals surface area (Å²) in [4.78, 5) is 0. The minimum Gasteiger partial charge on any atom is -0.435 e. The maximum absolute atomic E-state index is 14.5. The van der Waals surface area contributed by atoms with Crippen LogP contribution in [0.25, 0.3) is 0 Å². The summed E-state index contributed by atoms with van der Waals surface area (Å²) in [6.45, 7) is -0.758. The van der Waals surface area contributed by atoms with Crippen LogP contribution in [0, 0.1) is 0 Å². The highest BCUT2D eigenvalue weighted by Crippen LogP contribution is 2.32. The lowest BCUT2D eigenvalue weighted by atomic mass is 10.0. The number of rotatable bonds is 11. The molecular formula is C26H26F4O2. The van der Waals surface area contributed by atoms with Gasteiger partial charge in [-0.1, -0.05) is 49.7 Å². The Balaban J connectivity index is 1.54. The standard InChI is InChI=1S/C26H26F4O2/c1-2-3-4-19-7-13-22(14-8-19)26(29,30)32-24-17-11-21(12-18-24)6-5-20-9-15-23(16-10-20)31-25(27)28/h7-18,25H,2-6H2,1H3. The Bertz CT molecular complexity index is 953. The second-order valence-electron chi connectivity index (χ2n) is 7.59. The van der Waals surface area contributed by atoms with Crippen LogP contribution in [-0.4, -0.2) is 6.61 Å². The van der Waals surface area contributed by atoms with Crippen LogP contribution in [0.15, 0.2) is 72.8 Å². The first kappa shape index (κ1) is 23.6. The number of aryl methyl sites for hydroxylation is 3. The first-order valence-corrected chi connectivity index (χ1v) is 10.6. The van der Waals surface area contributed by atoms with Crippen molar-refractivity contribution in [2.75, 3.05) is 0 Å². The number of hydrogen-bond acceptors (Lipinski definition) is 2. The summed E-state index contributed by atoms with van der Waals surface area (Å²) in [6, 6.07) is 19.3. The van der Waals surface area contributed by atoms with E-state index < -0.39 is 12.7 Å². The Morgan fingerprint density at radius 1 is 0.688 bits per heavy atom. The van der Waals surface area contributed by atoms with Crippen molar-refractivity contribution in [3.05, 3.63) is 95.1 Å². The molecule has 0 radical (unpaired) electrons. The largest absolute Gasteiger partial charge is 0.435 e. The normalized spacial score (nSPS) is 11.6. The molecule has 3 aromatic carbocycles. The highest BCUT2D eigenvalue weighted by atomic mass is 19.3. The molecule has 170 valence electrons. The number of unbranched alkanes of at least 4 members (excludes halogenated alkanes) is 1. The minimum atomic E-state index is -3.42. The van der Waals surface area contributed by atoms with Crippen LogP contribution in [0.2, 0.25) is 0 Å². The number of benzene rings is 3. The van der Waals surface area contributed by atoms with Crippen LogP contribution in [0.3, 0.4) is 0 Å². The molecule has 3 aromatic rings. The summed E-state index contributed by atoms with van der Waals surface area (Å²) in [5, 5.41) is 0. The van der Waals surface area contributed by atoms with E-state index in [0.717, 1.165) is 36.0 Å². The molecule has 0 N–H and O–H groups in total. The molecule has 0 aliphatic carbocycles. The third-order valence-corrected chi connectivity index (χ3v) is 5.13. The molecule has 6 heteroatoms. The van der Waals surface area contributed by atoms with E-state index in [4.69, 9.17) is 4.74 Å². The Morgan fingerprint density at radius 3 is 1.66 bits per heavy atom. The van der Waals surface area contributed by atoms with Gasteiger partial charge >= 0.3 is 12.7 Å². The van der Waals surface area contributed by atoms with Crippen LogP contribution in [-0.2, 0) is 25.4 Å². The predicted molar refractivity (Wildman–Crippen MR) is 117 cm³/mol. The van der Waals surface area contributed by atoms with Gasteiger partial charge in [-0.25, -0.2) is 0 Å². The molecule has 0 fully saturated rings. The van der Waals surface area contributed by atoms with Gasteiger partial charge in [0.15, 0.2) is 0 Å². The molecule has 0 atom stereocenters. The lowest BCUT2D eigenvalue weighted by Gasteiger charge is -2.19. The van der Waals surface area contributed by atoms with E-state index >= 15 is 0 Å². The molecule has 32 heavy (non-hydrogen) atoms. The van der Waals surface area contributed by atoms with E-state index in [-0.39, 0.29) is 17.1 Å². The first-order valence-electron chi connectivity index (χ1n) is 10.6. The molecule has 0 spiro atoms. The molecular weight excluding hydrogens is 420 g/mol. The van der Waals surface area contributed by atoms with Crippen molar-refractivity contribution in [1.82, 2.24) is 0 Å². The molecule has 0 aromatic heterocycles. The third-order valence-electron chi connectivity index (χ3n) is 5.13. The van der Waals surface area contributed by atoms with Crippen LogP contribution in [0.4, 0.5) is 17.6 Å². The van der Waals surface area contributed by atoms with Crippen LogP contribution < -0.4 is 9.47 Å². The van der Waals surface area contributed by atoms with Gasteiger partial charge in [0, 0.05) is 0 Å². The zero-order valence-electron chi connectivity index (χ0n) is 17.9. The Hall–Kier alpha value is -3.02. The third kappa shape index (κ3) is 7.01. The van der Waals surface area contributed by atoms with Crippen LogP contribution in [0.5, 0.6) is 11.5 Å². The van der Waals surface area contributed by atoms with Crippen molar-refractivity contribution in [3.63, 3.8) is 0 Å². The highest BCUT2D eigenvalue weighted by Gasteiger charge is 2.34. The van der Waals surface area contributed by atoms with Gasteiger partial charge in [0.1, 0.15) is 11.5 Å². The van der Waals surface area contributed by atoms with Crippen LogP contribution in [0.1, 0.15) is 42.0 Å². The number of hydrogen-bond donors (Lipinski definition) is 0. The van der Waals surface area contributed by atoms with Crippen molar-refractivity contribution in [3.8, 4) is 11.5 Å². The van der Waals surface area contributed by atoms with Gasteiger partial charge in [-0.05, 0) is 78.8 Å². The van der Waals surface area contributed by atoms with Crippen molar-refractivity contribution >= 4 is 0 Å². The van der Waals surface area contributed by atoms with E-state index in [1.165, 1.54) is 36.4 Å². The quantitative estimate of drug-likeness (QED) is 0.283. The highest BCUT2D eigenvalue weighted by molar-refractivity contribution is 5.32. The minimum absolute atomic E-state index is 0.0855. The fourth-order valence-corrected chi connectivity index (χ4v) is 3.30. The van der Waals surface area contributed by atoms with Gasteiger partial charge in [0.2, 0.25) is 0 Å². The summed E-state index contributed by atoms with van der Waals surface area (Å²) >= 11 is 0. The van der Waals surface area contributed by atoms with Gasteiger partial charge in [-0.3, -0.25) is 0 Å². The summed E-state index contributed by atoms with van der Waals surface area (Å²) < 4.78 is 62.7. The Kier molecular flexibility index (Phi) is 8.14. The van der Waals surface area contributed by atoms with Gasteiger partial charge in [-0.2, -0.15) is 17.6 Å².